The van der Waals surface area contributed by atoms with Crippen LogP contribution in [-0.4, -0.2) is 10.2 Å². The van der Waals surface area contributed by atoms with Crippen molar-refractivity contribution in [3.8, 4) is 0 Å². The van der Waals surface area contributed by atoms with Crippen LogP contribution in [0.2, 0.25) is 0 Å². The molecule has 17 heavy (non-hydrogen) atoms. The predicted molar refractivity (Wildman–Crippen MR) is 67.6 cm³/mol. The number of aryl methyl sites for hydroxylation is 1. The van der Waals surface area contributed by atoms with Crippen LogP contribution in [0.25, 0.3) is 0 Å². The van der Waals surface area contributed by atoms with Crippen LogP contribution in [0.1, 0.15) is 24.8 Å². The van der Waals surface area contributed by atoms with E-state index in [0.717, 1.165) is 18.5 Å². The number of alkyl halides is 1. The van der Waals surface area contributed by atoms with E-state index in [2.05, 4.69) is 28.5 Å². The van der Waals surface area contributed by atoms with E-state index in [1.54, 1.807) is 0 Å². The van der Waals surface area contributed by atoms with E-state index in [0.29, 0.717) is 11.9 Å². The minimum atomic E-state index is 0.227. The van der Waals surface area contributed by atoms with Gasteiger partial charge in [0.05, 0.1) is 0 Å². The smallest absolute Gasteiger partial charge is 0.320 e. The Morgan fingerprint density at radius 3 is 2.82 bits per heavy atom. The van der Waals surface area contributed by atoms with Crippen LogP contribution in [0, 0.1) is 0 Å². The van der Waals surface area contributed by atoms with Gasteiger partial charge in [0, 0.05) is 5.69 Å². The molecule has 0 unspecified atom stereocenters. The second kappa shape index (κ2) is 5.68. The molecule has 0 amide bonds. The second-order valence-corrected chi connectivity index (χ2v) is 3.93. The number of hydrogen-bond acceptors (Lipinski definition) is 4. The highest BCUT2D eigenvalue weighted by Crippen LogP contribution is 2.21. The van der Waals surface area contributed by atoms with Gasteiger partial charge in [0.15, 0.2) is 0 Å². The van der Waals surface area contributed by atoms with Gasteiger partial charge in [-0.15, -0.1) is 16.7 Å². The normalized spacial score (nSPS) is 10.5. The molecule has 1 heterocycles. The summed E-state index contributed by atoms with van der Waals surface area (Å²) in [6, 6.07) is 8.46. The van der Waals surface area contributed by atoms with Crippen molar-refractivity contribution in [1.29, 1.82) is 0 Å². The number of rotatable bonds is 5. The maximum Gasteiger partial charge on any atom is 0.320 e. The van der Waals surface area contributed by atoms with Crippen LogP contribution in [0.5, 0.6) is 0 Å². The van der Waals surface area contributed by atoms with Gasteiger partial charge in [-0.05, 0) is 18.1 Å². The van der Waals surface area contributed by atoms with Crippen LogP contribution < -0.4 is 5.32 Å². The van der Waals surface area contributed by atoms with Gasteiger partial charge in [0.25, 0.3) is 0 Å². The van der Waals surface area contributed by atoms with E-state index in [4.69, 9.17) is 16.0 Å². The lowest BCUT2D eigenvalue weighted by atomic mass is 10.1. The Kier molecular flexibility index (Phi) is 3.98. The molecule has 0 aliphatic heterocycles. The first kappa shape index (κ1) is 11.9. The number of hydrogen-bond donors (Lipinski definition) is 1. The summed E-state index contributed by atoms with van der Waals surface area (Å²) >= 11 is 5.60. The average Bonchev–Trinajstić information content (AvgIpc) is 2.80. The number of aromatic nitrogens is 2. The summed E-state index contributed by atoms with van der Waals surface area (Å²) in [5.41, 5.74) is 2.24. The van der Waals surface area contributed by atoms with Gasteiger partial charge in [-0.2, -0.15) is 0 Å². The van der Waals surface area contributed by atoms with E-state index in [-0.39, 0.29) is 5.88 Å². The molecule has 0 saturated heterocycles. The molecule has 1 aromatic heterocycles. The van der Waals surface area contributed by atoms with Crippen LogP contribution in [0.3, 0.4) is 0 Å². The number of halogens is 1. The van der Waals surface area contributed by atoms with Crippen molar-refractivity contribution in [2.45, 2.75) is 25.6 Å². The standard InChI is InChI=1S/C12H14ClN3O/c1-2-5-9-6-3-4-7-10(9)14-12-16-15-11(8-13)17-12/h3-4,6-7H,2,5,8H2,1H3,(H,14,16). The van der Waals surface area contributed by atoms with Gasteiger partial charge < -0.3 is 9.73 Å². The molecule has 0 aliphatic carbocycles. The summed E-state index contributed by atoms with van der Waals surface area (Å²) in [4.78, 5) is 0. The van der Waals surface area contributed by atoms with Gasteiger partial charge in [-0.1, -0.05) is 36.6 Å². The molecule has 0 saturated carbocycles. The number of nitrogens with one attached hydrogen (secondary N) is 1. The molecule has 1 N–H and O–H groups in total. The quantitative estimate of drug-likeness (QED) is 0.827. The Balaban J connectivity index is 2.17. The van der Waals surface area contributed by atoms with E-state index in [9.17, 15) is 0 Å². The first-order valence-electron chi connectivity index (χ1n) is 5.56. The summed E-state index contributed by atoms with van der Waals surface area (Å²) in [6.07, 6.45) is 2.11. The van der Waals surface area contributed by atoms with Gasteiger partial charge in [-0.25, -0.2) is 0 Å². The first-order chi connectivity index (χ1) is 8.33. The number of benzene rings is 1. The zero-order valence-electron chi connectivity index (χ0n) is 9.61. The monoisotopic (exact) mass is 251 g/mol. The van der Waals surface area contributed by atoms with Crippen LogP contribution >= 0.6 is 11.6 Å². The van der Waals surface area contributed by atoms with Crippen LogP contribution in [0.4, 0.5) is 11.7 Å². The Hall–Kier alpha value is -1.55. The lowest BCUT2D eigenvalue weighted by molar-refractivity contribution is 0.530. The number of anilines is 2. The third-order valence-electron chi connectivity index (χ3n) is 2.36. The molecule has 0 fully saturated rings. The van der Waals surface area contributed by atoms with E-state index in [1.165, 1.54) is 5.56 Å². The summed E-state index contributed by atoms with van der Waals surface area (Å²) in [6.45, 7) is 2.15. The van der Waals surface area contributed by atoms with Crippen LogP contribution in [0.15, 0.2) is 28.7 Å². The zero-order chi connectivity index (χ0) is 12.1. The van der Waals surface area contributed by atoms with Crippen molar-refractivity contribution < 1.29 is 4.42 Å². The Morgan fingerprint density at radius 2 is 2.12 bits per heavy atom. The SMILES string of the molecule is CCCc1ccccc1Nc1nnc(CCl)o1. The molecule has 1 aromatic carbocycles. The van der Waals surface area contributed by atoms with Crippen molar-refractivity contribution >= 4 is 23.3 Å². The summed E-state index contributed by atoms with van der Waals surface area (Å²) < 4.78 is 5.30. The minimum absolute atomic E-state index is 0.227. The average molecular weight is 252 g/mol. The highest BCUT2D eigenvalue weighted by molar-refractivity contribution is 6.16. The Labute approximate surface area is 105 Å². The predicted octanol–water partition coefficient (Wildman–Crippen LogP) is 3.50. The molecule has 0 atom stereocenters. The molecule has 2 aromatic rings. The first-order valence-corrected chi connectivity index (χ1v) is 6.10. The third-order valence-corrected chi connectivity index (χ3v) is 2.59. The van der Waals surface area contributed by atoms with Gasteiger partial charge in [-0.3, -0.25) is 0 Å². The molecule has 5 heteroatoms. The minimum Gasteiger partial charge on any atom is -0.407 e. The fourth-order valence-corrected chi connectivity index (χ4v) is 1.71. The molecule has 4 nitrogen and oxygen atoms in total. The zero-order valence-corrected chi connectivity index (χ0v) is 10.4. The van der Waals surface area contributed by atoms with Crippen molar-refractivity contribution in [3.05, 3.63) is 35.7 Å². The highest BCUT2D eigenvalue weighted by atomic mass is 35.5. The van der Waals surface area contributed by atoms with Crippen LogP contribution in [-0.2, 0) is 12.3 Å². The molecule has 0 radical (unpaired) electrons. The fraction of sp³-hybridized carbons (Fsp3) is 0.333. The number of para-hydroxylation sites is 1. The Morgan fingerprint density at radius 1 is 1.29 bits per heavy atom. The van der Waals surface area contributed by atoms with Crippen molar-refractivity contribution in [2.24, 2.45) is 0 Å². The molecule has 2 rings (SSSR count). The van der Waals surface area contributed by atoms with Gasteiger partial charge in [0.2, 0.25) is 5.89 Å². The molecular weight excluding hydrogens is 238 g/mol. The van der Waals surface area contributed by atoms with E-state index in [1.807, 2.05) is 18.2 Å². The molecule has 0 aliphatic rings. The van der Waals surface area contributed by atoms with E-state index < -0.39 is 0 Å². The second-order valence-electron chi connectivity index (χ2n) is 3.67. The van der Waals surface area contributed by atoms with Crippen molar-refractivity contribution in [2.75, 3.05) is 5.32 Å². The topological polar surface area (TPSA) is 51.0 Å². The van der Waals surface area contributed by atoms with Gasteiger partial charge in [0.1, 0.15) is 5.88 Å². The highest BCUT2D eigenvalue weighted by Gasteiger charge is 2.07. The van der Waals surface area contributed by atoms with Gasteiger partial charge >= 0.3 is 6.01 Å². The Bertz CT molecular complexity index is 484. The third kappa shape index (κ3) is 2.97. The summed E-state index contributed by atoms with van der Waals surface area (Å²) in [7, 11) is 0. The summed E-state index contributed by atoms with van der Waals surface area (Å²) in [5.74, 6) is 0.646. The fourth-order valence-electron chi connectivity index (χ4n) is 1.60. The lowest BCUT2D eigenvalue weighted by Gasteiger charge is -2.07. The molecular formula is C12H14ClN3O. The maximum atomic E-state index is 5.60. The lowest BCUT2D eigenvalue weighted by Crippen LogP contribution is -1.95. The molecule has 0 bridgehead atoms. The molecule has 0 spiro atoms. The number of nitrogens with zero attached hydrogens (tertiary/aromatic N) is 2. The van der Waals surface area contributed by atoms with Crippen molar-refractivity contribution in [1.82, 2.24) is 10.2 Å². The van der Waals surface area contributed by atoms with E-state index >= 15 is 0 Å². The maximum absolute atomic E-state index is 5.60. The largest absolute Gasteiger partial charge is 0.407 e. The van der Waals surface area contributed by atoms with Crippen molar-refractivity contribution in [3.63, 3.8) is 0 Å². The molecule has 90 valence electrons. The summed E-state index contributed by atoms with van der Waals surface area (Å²) in [5, 5.41) is 10.8.